The summed E-state index contributed by atoms with van der Waals surface area (Å²) in [5.41, 5.74) is 1.13. The van der Waals surface area contributed by atoms with Crippen LogP contribution in [-0.4, -0.2) is 39.3 Å². The first kappa shape index (κ1) is 17.1. The van der Waals surface area contributed by atoms with Crippen LogP contribution in [0.3, 0.4) is 0 Å². The molecular weight excluding hydrogens is 337 g/mol. The topological polar surface area (TPSA) is 81.9 Å². The number of tetrazole rings is 1. The van der Waals surface area contributed by atoms with Gasteiger partial charge in [0.15, 0.2) is 11.6 Å². The quantitative estimate of drug-likeness (QED) is 0.707. The molecule has 0 aliphatic carbocycles. The first-order valence-corrected chi connectivity index (χ1v) is 7.69. The average Bonchev–Trinajstić information content (AvgIpc) is 3.20. The fourth-order valence-corrected chi connectivity index (χ4v) is 2.08. The molecule has 0 fully saturated rings. The molecule has 3 aromatic rings. The van der Waals surface area contributed by atoms with Gasteiger partial charge in [-0.2, -0.15) is 0 Å². The fourth-order valence-electron chi connectivity index (χ4n) is 2.08. The molecule has 1 heterocycles. The van der Waals surface area contributed by atoms with Gasteiger partial charge in [0.25, 0.3) is 5.91 Å². The van der Waals surface area contributed by atoms with Crippen LogP contribution in [-0.2, 0) is 0 Å². The minimum absolute atomic E-state index is 0.0333. The summed E-state index contributed by atoms with van der Waals surface area (Å²) in [4.78, 5) is 12.1. The third kappa shape index (κ3) is 4.42. The maximum Gasteiger partial charge on any atom is 0.252 e. The minimum Gasteiger partial charge on any atom is -0.478 e. The second kappa shape index (κ2) is 8.39. The van der Waals surface area contributed by atoms with E-state index in [1.54, 1.807) is 36.4 Å². The highest BCUT2D eigenvalue weighted by Crippen LogP contribution is 2.14. The molecule has 0 unspecified atom stereocenters. The number of para-hydroxylation sites is 1. The van der Waals surface area contributed by atoms with Crippen LogP contribution in [0.4, 0.5) is 4.39 Å². The van der Waals surface area contributed by atoms with Crippen molar-refractivity contribution in [1.82, 2.24) is 25.5 Å². The number of benzene rings is 2. The van der Waals surface area contributed by atoms with Crippen LogP contribution in [0.15, 0.2) is 54.9 Å². The third-order valence-corrected chi connectivity index (χ3v) is 3.32. The summed E-state index contributed by atoms with van der Waals surface area (Å²) in [6, 6.07) is 13.0. The number of halogens is 1. The Bertz CT molecular complexity index is 947. The van der Waals surface area contributed by atoms with E-state index in [-0.39, 0.29) is 24.8 Å². The van der Waals surface area contributed by atoms with Crippen molar-refractivity contribution in [3.05, 3.63) is 66.2 Å². The Kier molecular flexibility index (Phi) is 5.52. The van der Waals surface area contributed by atoms with Crippen molar-refractivity contribution < 1.29 is 13.9 Å². The highest BCUT2D eigenvalue weighted by atomic mass is 19.1. The molecule has 7 nitrogen and oxygen atoms in total. The summed E-state index contributed by atoms with van der Waals surface area (Å²) in [6.07, 6.45) is 1.44. The summed E-state index contributed by atoms with van der Waals surface area (Å²) in [6.45, 7) is 0.181. The molecular formula is C18H14FN5O2. The summed E-state index contributed by atoms with van der Waals surface area (Å²) < 4.78 is 20.0. The second-order valence-electron chi connectivity index (χ2n) is 5.06. The Balaban J connectivity index is 1.49. The molecule has 0 saturated heterocycles. The van der Waals surface area contributed by atoms with Gasteiger partial charge in [-0.05, 0) is 40.8 Å². The van der Waals surface area contributed by atoms with Crippen LogP contribution in [0.1, 0.15) is 10.4 Å². The van der Waals surface area contributed by atoms with E-state index >= 15 is 0 Å². The van der Waals surface area contributed by atoms with Crippen LogP contribution >= 0.6 is 0 Å². The van der Waals surface area contributed by atoms with E-state index in [0.29, 0.717) is 11.3 Å². The number of hydrogen-bond acceptors (Lipinski definition) is 5. The molecule has 0 radical (unpaired) electrons. The van der Waals surface area contributed by atoms with E-state index in [9.17, 15) is 9.18 Å². The van der Waals surface area contributed by atoms with Crippen LogP contribution in [0.25, 0.3) is 5.69 Å². The van der Waals surface area contributed by atoms with E-state index < -0.39 is 5.82 Å². The molecule has 0 bridgehead atoms. The van der Waals surface area contributed by atoms with Gasteiger partial charge in [0.05, 0.1) is 12.2 Å². The lowest BCUT2D eigenvalue weighted by Crippen LogP contribution is -2.23. The minimum atomic E-state index is -0.440. The SMILES string of the molecule is O=C(NCC#CCOc1ccccc1F)c1cccc(-n2cnnn2)c1. The zero-order valence-electron chi connectivity index (χ0n) is 13.6. The molecule has 8 heteroatoms. The average molecular weight is 351 g/mol. The lowest BCUT2D eigenvalue weighted by atomic mass is 10.2. The smallest absolute Gasteiger partial charge is 0.252 e. The van der Waals surface area contributed by atoms with Gasteiger partial charge < -0.3 is 10.1 Å². The van der Waals surface area contributed by atoms with Crippen molar-refractivity contribution in [3.63, 3.8) is 0 Å². The summed E-state index contributed by atoms with van der Waals surface area (Å²) >= 11 is 0. The normalized spacial score (nSPS) is 9.88. The van der Waals surface area contributed by atoms with Crippen LogP contribution < -0.4 is 10.1 Å². The standard InChI is InChI=1S/C18H14FN5O2/c19-16-8-1-2-9-17(16)26-11-4-3-10-20-18(25)14-6-5-7-15(12-14)24-13-21-22-23-24/h1-2,5-9,12-13H,10-11H2,(H,20,25). The van der Waals surface area contributed by atoms with Crippen LogP contribution in [0.2, 0.25) is 0 Å². The summed E-state index contributed by atoms with van der Waals surface area (Å²) in [7, 11) is 0. The van der Waals surface area contributed by atoms with E-state index in [1.807, 2.05) is 0 Å². The Morgan fingerprint density at radius 1 is 1.19 bits per heavy atom. The zero-order valence-corrected chi connectivity index (χ0v) is 13.6. The first-order chi connectivity index (χ1) is 12.7. The van der Waals surface area contributed by atoms with Crippen LogP contribution in [0.5, 0.6) is 5.75 Å². The number of nitrogens with one attached hydrogen (secondary N) is 1. The van der Waals surface area contributed by atoms with Gasteiger partial charge in [-0.15, -0.1) is 5.10 Å². The van der Waals surface area contributed by atoms with Crippen molar-refractivity contribution in [2.45, 2.75) is 0 Å². The third-order valence-electron chi connectivity index (χ3n) is 3.32. The molecule has 26 heavy (non-hydrogen) atoms. The zero-order chi connectivity index (χ0) is 18.2. The number of amides is 1. The van der Waals surface area contributed by atoms with E-state index in [4.69, 9.17) is 4.74 Å². The predicted molar refractivity (Wildman–Crippen MR) is 91.2 cm³/mol. The van der Waals surface area contributed by atoms with Gasteiger partial charge in [0.2, 0.25) is 0 Å². The molecule has 0 atom stereocenters. The number of carbonyl (C=O) groups is 1. The maximum atomic E-state index is 13.3. The first-order valence-electron chi connectivity index (χ1n) is 7.69. The molecule has 0 spiro atoms. The molecule has 0 saturated carbocycles. The lowest BCUT2D eigenvalue weighted by Gasteiger charge is -2.04. The Hall–Kier alpha value is -3.73. The number of rotatable bonds is 5. The second-order valence-corrected chi connectivity index (χ2v) is 5.06. The molecule has 0 aliphatic heterocycles. The molecule has 3 rings (SSSR count). The van der Waals surface area contributed by atoms with Crippen molar-refractivity contribution >= 4 is 5.91 Å². The number of hydrogen-bond donors (Lipinski definition) is 1. The van der Waals surface area contributed by atoms with Gasteiger partial charge in [0, 0.05) is 5.56 Å². The molecule has 1 amide bonds. The Morgan fingerprint density at radius 2 is 2.08 bits per heavy atom. The van der Waals surface area contributed by atoms with E-state index in [0.717, 1.165) is 0 Å². The van der Waals surface area contributed by atoms with Crippen LogP contribution in [0, 0.1) is 17.7 Å². The van der Waals surface area contributed by atoms with Gasteiger partial charge in [-0.3, -0.25) is 4.79 Å². The highest BCUT2D eigenvalue weighted by Gasteiger charge is 2.06. The Morgan fingerprint density at radius 3 is 2.88 bits per heavy atom. The number of nitrogens with zero attached hydrogens (tertiary/aromatic N) is 4. The van der Waals surface area contributed by atoms with E-state index in [2.05, 4.69) is 32.7 Å². The Labute approximate surface area is 148 Å². The predicted octanol–water partition coefficient (Wildman–Crippen LogP) is 1.61. The lowest BCUT2D eigenvalue weighted by molar-refractivity contribution is 0.0958. The highest BCUT2D eigenvalue weighted by molar-refractivity contribution is 5.94. The van der Waals surface area contributed by atoms with Gasteiger partial charge in [0.1, 0.15) is 12.9 Å². The monoisotopic (exact) mass is 351 g/mol. The molecule has 2 aromatic carbocycles. The van der Waals surface area contributed by atoms with Gasteiger partial charge >= 0.3 is 0 Å². The van der Waals surface area contributed by atoms with Crippen molar-refractivity contribution in [1.29, 1.82) is 0 Å². The van der Waals surface area contributed by atoms with Crippen molar-refractivity contribution in [2.75, 3.05) is 13.2 Å². The van der Waals surface area contributed by atoms with E-state index in [1.165, 1.54) is 23.1 Å². The molecule has 1 N–H and O–H groups in total. The number of aromatic nitrogens is 4. The fraction of sp³-hybridized carbons (Fsp3) is 0.111. The molecule has 130 valence electrons. The number of carbonyl (C=O) groups excluding carboxylic acids is 1. The molecule has 1 aromatic heterocycles. The molecule has 0 aliphatic rings. The summed E-state index contributed by atoms with van der Waals surface area (Å²) in [5.74, 6) is 4.90. The van der Waals surface area contributed by atoms with Crippen molar-refractivity contribution in [2.24, 2.45) is 0 Å². The van der Waals surface area contributed by atoms with Crippen molar-refractivity contribution in [3.8, 4) is 23.3 Å². The number of ether oxygens (including phenoxy) is 1. The van der Waals surface area contributed by atoms with Gasteiger partial charge in [-0.25, -0.2) is 9.07 Å². The maximum absolute atomic E-state index is 13.3. The largest absolute Gasteiger partial charge is 0.478 e. The summed E-state index contributed by atoms with van der Waals surface area (Å²) in [5, 5.41) is 13.6. The van der Waals surface area contributed by atoms with Gasteiger partial charge in [-0.1, -0.05) is 30.0 Å².